The number of nitrogens with zero attached hydrogens (tertiary/aromatic N) is 2. The summed E-state index contributed by atoms with van der Waals surface area (Å²) < 4.78 is 77.0. The average Bonchev–Trinajstić information content (AvgIpc) is 3.00. The second kappa shape index (κ2) is 7.57. The molecule has 0 spiro atoms. The third-order valence-corrected chi connectivity index (χ3v) is 4.93. The number of alkyl halides is 6. The summed E-state index contributed by atoms with van der Waals surface area (Å²) in [6.45, 7) is 3.50. The molecular formula is C20H19F6N3O. The Bertz CT molecular complexity index is 921. The van der Waals surface area contributed by atoms with Crippen molar-refractivity contribution in [3.05, 3.63) is 59.4 Å². The molecule has 1 N–H and O–H groups in total. The molecule has 10 heteroatoms. The Morgan fingerprint density at radius 2 is 1.53 bits per heavy atom. The Morgan fingerprint density at radius 1 is 0.933 bits per heavy atom. The Hall–Kier alpha value is -2.62. The molecule has 1 atom stereocenters. The molecule has 1 aliphatic rings. The quantitative estimate of drug-likeness (QED) is 0.711. The van der Waals surface area contributed by atoms with Gasteiger partial charge in [0, 0.05) is 12.2 Å². The summed E-state index contributed by atoms with van der Waals surface area (Å²) in [5.41, 5.74) is -2.44. The van der Waals surface area contributed by atoms with Crippen molar-refractivity contribution in [1.29, 1.82) is 0 Å². The van der Waals surface area contributed by atoms with Crippen LogP contribution < -0.4 is 10.2 Å². The molecule has 0 radical (unpaired) electrons. The van der Waals surface area contributed by atoms with E-state index in [0.29, 0.717) is 12.1 Å². The number of benzene rings is 1. The third kappa shape index (κ3) is 4.58. The Kier molecular flexibility index (Phi) is 5.57. The minimum Gasteiger partial charge on any atom is -0.311 e. The number of aromatic nitrogens is 1. The molecular weight excluding hydrogens is 412 g/mol. The van der Waals surface area contributed by atoms with Crippen LogP contribution in [0.15, 0.2) is 42.5 Å². The topological polar surface area (TPSA) is 45.2 Å². The van der Waals surface area contributed by atoms with E-state index < -0.39 is 35.2 Å². The first-order chi connectivity index (χ1) is 13.8. The van der Waals surface area contributed by atoms with Crippen LogP contribution in [0, 0.1) is 0 Å². The van der Waals surface area contributed by atoms with E-state index in [2.05, 4.69) is 10.3 Å². The lowest BCUT2D eigenvalue weighted by Gasteiger charge is -2.29. The maximum Gasteiger partial charge on any atom is 0.433 e. The van der Waals surface area contributed by atoms with E-state index in [1.807, 2.05) is 0 Å². The van der Waals surface area contributed by atoms with Crippen molar-refractivity contribution in [3.63, 3.8) is 0 Å². The van der Waals surface area contributed by atoms with Gasteiger partial charge >= 0.3 is 12.4 Å². The summed E-state index contributed by atoms with van der Waals surface area (Å²) in [7, 11) is 0. The second-order valence-electron chi connectivity index (χ2n) is 7.55. The molecule has 1 saturated heterocycles. The monoisotopic (exact) mass is 431 g/mol. The number of hydrogen-bond donors (Lipinski definition) is 1. The lowest BCUT2D eigenvalue weighted by atomic mass is 9.97. The number of nitrogens with one attached hydrogen (secondary N) is 1. The van der Waals surface area contributed by atoms with Gasteiger partial charge in [0.25, 0.3) is 0 Å². The maximum absolute atomic E-state index is 12.9. The van der Waals surface area contributed by atoms with Gasteiger partial charge in [-0.3, -0.25) is 10.1 Å². The first-order valence-electron chi connectivity index (χ1n) is 9.10. The molecule has 4 nitrogen and oxygen atoms in total. The molecule has 30 heavy (non-hydrogen) atoms. The molecule has 0 unspecified atom stereocenters. The van der Waals surface area contributed by atoms with E-state index in [9.17, 15) is 31.1 Å². The Morgan fingerprint density at radius 3 is 2.10 bits per heavy atom. The number of anilines is 1. The van der Waals surface area contributed by atoms with Crippen LogP contribution in [0.25, 0.3) is 0 Å². The van der Waals surface area contributed by atoms with Gasteiger partial charge in [0.05, 0.1) is 22.8 Å². The molecule has 0 aliphatic carbocycles. The van der Waals surface area contributed by atoms with Crippen molar-refractivity contribution in [2.45, 2.75) is 44.2 Å². The van der Waals surface area contributed by atoms with Gasteiger partial charge in [-0.1, -0.05) is 6.07 Å². The summed E-state index contributed by atoms with van der Waals surface area (Å²) in [4.78, 5) is 17.8. The van der Waals surface area contributed by atoms with Crippen LogP contribution in [-0.2, 0) is 22.7 Å². The van der Waals surface area contributed by atoms with Crippen molar-refractivity contribution in [2.24, 2.45) is 0 Å². The van der Waals surface area contributed by atoms with Crippen LogP contribution in [0.4, 0.5) is 32.0 Å². The highest BCUT2D eigenvalue weighted by Gasteiger charge is 2.39. The lowest BCUT2D eigenvalue weighted by Crippen LogP contribution is -2.48. The van der Waals surface area contributed by atoms with Gasteiger partial charge in [-0.2, -0.15) is 26.3 Å². The van der Waals surface area contributed by atoms with E-state index >= 15 is 0 Å². The first kappa shape index (κ1) is 22.1. The predicted molar refractivity (Wildman–Crippen MR) is 97.6 cm³/mol. The number of carbonyl (C=O) groups excluding carboxylic acids is 1. The van der Waals surface area contributed by atoms with Gasteiger partial charge in [-0.15, -0.1) is 0 Å². The molecule has 1 aromatic carbocycles. The van der Waals surface area contributed by atoms with Crippen molar-refractivity contribution in [2.75, 3.05) is 11.4 Å². The van der Waals surface area contributed by atoms with Crippen molar-refractivity contribution >= 4 is 11.6 Å². The second-order valence-corrected chi connectivity index (χ2v) is 7.55. The summed E-state index contributed by atoms with van der Waals surface area (Å²) in [5, 5.41) is 3.03. The number of amides is 1. The van der Waals surface area contributed by atoms with Crippen LogP contribution >= 0.6 is 0 Å². The summed E-state index contributed by atoms with van der Waals surface area (Å²) in [6.07, 6.45) is -8.71. The van der Waals surface area contributed by atoms with Crippen molar-refractivity contribution in [1.82, 2.24) is 10.3 Å². The minimum atomic E-state index is -4.59. The molecule has 1 amide bonds. The van der Waals surface area contributed by atoms with Gasteiger partial charge in [-0.25, -0.2) is 4.98 Å². The fourth-order valence-corrected chi connectivity index (χ4v) is 3.35. The van der Waals surface area contributed by atoms with E-state index in [4.69, 9.17) is 0 Å². The molecule has 2 heterocycles. The van der Waals surface area contributed by atoms with Crippen molar-refractivity contribution in [3.8, 4) is 0 Å². The molecule has 1 aliphatic heterocycles. The molecule has 162 valence electrons. The molecule has 3 rings (SSSR count). The lowest BCUT2D eigenvalue weighted by molar-refractivity contribution is -0.141. The highest BCUT2D eigenvalue weighted by atomic mass is 19.4. The van der Waals surface area contributed by atoms with Crippen molar-refractivity contribution < 1.29 is 31.1 Å². The third-order valence-electron chi connectivity index (χ3n) is 4.93. The van der Waals surface area contributed by atoms with Crippen LogP contribution in [0.3, 0.4) is 0 Å². The zero-order chi connectivity index (χ0) is 22.3. The fourth-order valence-electron chi connectivity index (χ4n) is 3.35. The molecule has 0 bridgehead atoms. The van der Waals surface area contributed by atoms with Gasteiger partial charge in [-0.05, 0) is 56.7 Å². The van der Waals surface area contributed by atoms with Crippen LogP contribution in [0.1, 0.15) is 37.2 Å². The van der Waals surface area contributed by atoms with Crippen LogP contribution in [0.5, 0.6) is 0 Å². The molecule has 1 fully saturated rings. The largest absolute Gasteiger partial charge is 0.433 e. The van der Waals surface area contributed by atoms with E-state index in [0.717, 1.165) is 18.2 Å². The van der Waals surface area contributed by atoms with Gasteiger partial charge in [0.2, 0.25) is 5.91 Å². The number of carbonyl (C=O) groups is 1. The summed E-state index contributed by atoms with van der Waals surface area (Å²) >= 11 is 0. The van der Waals surface area contributed by atoms with E-state index in [1.54, 1.807) is 13.8 Å². The Labute approximate surface area is 168 Å². The average molecular weight is 431 g/mol. The van der Waals surface area contributed by atoms with Gasteiger partial charge < -0.3 is 4.90 Å². The van der Waals surface area contributed by atoms with Crippen LogP contribution in [0.2, 0.25) is 0 Å². The zero-order valence-corrected chi connectivity index (χ0v) is 16.1. The summed E-state index contributed by atoms with van der Waals surface area (Å²) in [5.74, 6) is -0.366. The highest BCUT2D eigenvalue weighted by molar-refractivity contribution is 5.99. The number of pyridine rings is 1. The molecule has 1 aromatic heterocycles. The SMILES string of the molecule is CC(C)(N[C@@H]1CCN(c2ccc(C(F)(F)F)cc2)C1=O)c1cccc(C(F)(F)F)n1. The zero-order valence-electron chi connectivity index (χ0n) is 16.1. The van der Waals surface area contributed by atoms with Gasteiger partial charge in [0.15, 0.2) is 0 Å². The number of rotatable bonds is 4. The van der Waals surface area contributed by atoms with Gasteiger partial charge in [0.1, 0.15) is 5.69 Å². The van der Waals surface area contributed by atoms with E-state index in [-0.39, 0.29) is 18.1 Å². The summed E-state index contributed by atoms with van der Waals surface area (Å²) in [6, 6.07) is 7.10. The molecule has 0 saturated carbocycles. The fraction of sp³-hybridized carbons (Fsp3) is 0.400. The van der Waals surface area contributed by atoms with Crippen LogP contribution in [-0.4, -0.2) is 23.5 Å². The highest BCUT2D eigenvalue weighted by Crippen LogP contribution is 2.33. The predicted octanol–water partition coefficient (Wildman–Crippen LogP) is 4.75. The minimum absolute atomic E-state index is 0.123. The number of halogens is 6. The maximum atomic E-state index is 12.9. The normalized spacial score (nSPS) is 18.2. The molecule has 2 aromatic rings. The number of hydrogen-bond acceptors (Lipinski definition) is 3. The standard InChI is InChI=1S/C20H19F6N3O/c1-18(2,15-4-3-5-16(27-15)20(24,25)26)28-14-10-11-29(17(14)30)13-8-6-12(7-9-13)19(21,22)23/h3-9,14,28H,10-11H2,1-2H3/t14-/m1/s1. The smallest absolute Gasteiger partial charge is 0.311 e. The van der Waals surface area contributed by atoms with E-state index in [1.165, 1.54) is 29.2 Å². The first-order valence-corrected chi connectivity index (χ1v) is 9.10. The Balaban J connectivity index is 1.75.